The molecule has 1 atom stereocenters. The van der Waals surface area contributed by atoms with Gasteiger partial charge >= 0.3 is 0 Å². The van der Waals surface area contributed by atoms with E-state index in [0.29, 0.717) is 12.2 Å². The predicted octanol–water partition coefficient (Wildman–Crippen LogP) is -1.08. The van der Waals surface area contributed by atoms with Gasteiger partial charge in [-0.15, -0.1) is 0 Å². The lowest BCUT2D eigenvalue weighted by Crippen LogP contribution is -2.56. The van der Waals surface area contributed by atoms with Crippen LogP contribution in [0.1, 0.15) is 0 Å². The number of carbonyl (C=O) groups is 1. The van der Waals surface area contributed by atoms with Crippen molar-refractivity contribution in [1.82, 2.24) is 16.0 Å². The van der Waals surface area contributed by atoms with Crippen molar-refractivity contribution in [2.45, 2.75) is 6.17 Å². The number of allylic oxidation sites excluding steroid dienone is 1. The molecule has 1 amide bonds. The number of carbonyl (C=O) groups excluding carboxylic acids is 1. The number of hydrogen-bond donors (Lipinski definition) is 4. The summed E-state index contributed by atoms with van der Waals surface area (Å²) in [6.45, 7) is 0.295. The molecule has 2 aliphatic rings. The van der Waals surface area contributed by atoms with E-state index in [1.807, 2.05) is 0 Å². The Labute approximate surface area is 69.1 Å². The van der Waals surface area contributed by atoms with Crippen molar-refractivity contribution < 1.29 is 9.90 Å². The smallest absolute Gasteiger partial charge is 0.238 e. The zero-order chi connectivity index (χ0) is 8.55. The Morgan fingerprint density at radius 3 is 3.25 bits per heavy atom. The fourth-order valence-corrected chi connectivity index (χ4v) is 1.22. The molecule has 2 heterocycles. The molecule has 0 aromatic heterocycles. The lowest BCUT2D eigenvalue weighted by atomic mass is 10.2. The molecule has 0 radical (unpaired) electrons. The Bertz CT molecular complexity index is 282. The topological polar surface area (TPSA) is 73.4 Å². The molecule has 64 valence electrons. The maximum Gasteiger partial charge on any atom is 0.238 e. The molecule has 2 rings (SSSR count). The van der Waals surface area contributed by atoms with Gasteiger partial charge in [-0.3, -0.25) is 10.1 Å². The molecule has 5 heteroatoms. The van der Waals surface area contributed by atoms with Gasteiger partial charge in [0.15, 0.2) is 0 Å². The average Bonchev–Trinajstić information content (AvgIpc) is 2.03. The summed E-state index contributed by atoms with van der Waals surface area (Å²) in [5, 5.41) is 17.6. The monoisotopic (exact) mass is 167 g/mol. The van der Waals surface area contributed by atoms with Crippen molar-refractivity contribution in [1.29, 1.82) is 0 Å². The number of amides is 1. The van der Waals surface area contributed by atoms with Crippen LogP contribution in [0.4, 0.5) is 0 Å². The van der Waals surface area contributed by atoms with E-state index in [9.17, 15) is 4.79 Å². The first-order valence-corrected chi connectivity index (χ1v) is 3.66. The molecule has 5 nitrogen and oxygen atoms in total. The molecule has 0 aromatic rings. The fourth-order valence-electron chi connectivity index (χ4n) is 1.22. The van der Waals surface area contributed by atoms with Crippen LogP contribution in [-0.2, 0) is 4.79 Å². The van der Waals surface area contributed by atoms with Crippen LogP contribution in [0.2, 0.25) is 0 Å². The van der Waals surface area contributed by atoms with Crippen LogP contribution >= 0.6 is 0 Å². The molecule has 0 aliphatic carbocycles. The fraction of sp³-hybridized carbons (Fsp3) is 0.286. The van der Waals surface area contributed by atoms with Gasteiger partial charge in [-0.25, -0.2) is 0 Å². The second-order valence-corrected chi connectivity index (χ2v) is 2.70. The number of fused-ring (bicyclic) bond motifs is 1. The number of aliphatic hydroxyl groups is 1. The summed E-state index contributed by atoms with van der Waals surface area (Å²) in [5.74, 6) is 0.0271. The third-order valence-electron chi connectivity index (χ3n) is 1.76. The largest absolute Gasteiger partial charge is 0.506 e. The minimum atomic E-state index is -0.0889. The molecule has 0 bridgehead atoms. The minimum absolute atomic E-state index is 0.0846. The van der Waals surface area contributed by atoms with E-state index in [0.717, 1.165) is 0 Å². The highest BCUT2D eigenvalue weighted by atomic mass is 16.3. The van der Waals surface area contributed by atoms with Crippen LogP contribution in [-0.4, -0.2) is 23.7 Å². The van der Waals surface area contributed by atoms with Crippen molar-refractivity contribution in [3.8, 4) is 0 Å². The van der Waals surface area contributed by atoms with E-state index in [1.165, 1.54) is 12.3 Å². The quantitative estimate of drug-likeness (QED) is 0.370. The molecule has 2 aliphatic heterocycles. The molecule has 0 saturated carbocycles. The van der Waals surface area contributed by atoms with E-state index in [4.69, 9.17) is 5.11 Å². The Balaban J connectivity index is 2.21. The zero-order valence-electron chi connectivity index (χ0n) is 6.29. The summed E-state index contributed by atoms with van der Waals surface area (Å²) >= 11 is 0. The van der Waals surface area contributed by atoms with Gasteiger partial charge in [-0.05, 0) is 0 Å². The lowest BCUT2D eigenvalue weighted by molar-refractivity contribution is -0.120. The SMILES string of the molecule is O=C1CNC2NC=C(O)C=C2N1. The van der Waals surface area contributed by atoms with Gasteiger partial charge < -0.3 is 15.7 Å². The van der Waals surface area contributed by atoms with Crippen LogP contribution in [0.15, 0.2) is 23.7 Å². The van der Waals surface area contributed by atoms with Gasteiger partial charge in [-0.1, -0.05) is 0 Å². The molecular weight excluding hydrogens is 158 g/mol. The summed E-state index contributed by atoms with van der Waals surface area (Å²) in [4.78, 5) is 10.9. The van der Waals surface area contributed by atoms with Crippen LogP contribution in [0.25, 0.3) is 0 Å². The van der Waals surface area contributed by atoms with Crippen LogP contribution in [0.5, 0.6) is 0 Å². The number of aliphatic hydroxyl groups excluding tert-OH is 1. The van der Waals surface area contributed by atoms with Gasteiger partial charge in [0, 0.05) is 12.3 Å². The van der Waals surface area contributed by atoms with E-state index in [1.54, 1.807) is 0 Å². The van der Waals surface area contributed by atoms with E-state index >= 15 is 0 Å². The number of rotatable bonds is 0. The molecule has 12 heavy (non-hydrogen) atoms. The van der Waals surface area contributed by atoms with Crippen LogP contribution < -0.4 is 16.0 Å². The highest BCUT2D eigenvalue weighted by Gasteiger charge is 2.23. The first kappa shape index (κ1) is 7.17. The molecule has 1 unspecified atom stereocenters. The molecule has 4 N–H and O–H groups in total. The second-order valence-electron chi connectivity index (χ2n) is 2.70. The highest BCUT2D eigenvalue weighted by Crippen LogP contribution is 2.08. The number of nitrogens with one attached hydrogen (secondary N) is 3. The maximum atomic E-state index is 10.9. The minimum Gasteiger partial charge on any atom is -0.506 e. The Morgan fingerprint density at radius 1 is 1.58 bits per heavy atom. The third kappa shape index (κ3) is 1.14. The first-order valence-electron chi connectivity index (χ1n) is 3.66. The molecule has 0 aromatic carbocycles. The zero-order valence-corrected chi connectivity index (χ0v) is 6.29. The summed E-state index contributed by atoms with van der Waals surface area (Å²) < 4.78 is 0. The number of dihydropyridines is 1. The molecule has 1 saturated heterocycles. The van der Waals surface area contributed by atoms with Gasteiger partial charge in [0.25, 0.3) is 0 Å². The first-order chi connectivity index (χ1) is 5.75. The molecular formula is C7H9N3O2. The Morgan fingerprint density at radius 2 is 2.42 bits per heavy atom. The second kappa shape index (κ2) is 2.53. The number of hydrogen-bond acceptors (Lipinski definition) is 4. The standard InChI is InChI=1S/C7H9N3O2/c11-4-1-5-7(8-2-4)9-3-6(12)10-5/h1-2,7-9,11H,3H2,(H,10,12). The van der Waals surface area contributed by atoms with E-state index < -0.39 is 0 Å². The van der Waals surface area contributed by atoms with E-state index in [2.05, 4.69) is 16.0 Å². The lowest BCUT2D eigenvalue weighted by Gasteiger charge is -2.29. The van der Waals surface area contributed by atoms with Crippen molar-refractivity contribution >= 4 is 5.91 Å². The molecule has 1 fully saturated rings. The average molecular weight is 167 g/mol. The summed E-state index contributed by atoms with van der Waals surface area (Å²) in [7, 11) is 0. The summed E-state index contributed by atoms with van der Waals surface area (Å²) in [5.41, 5.74) is 0.659. The van der Waals surface area contributed by atoms with Gasteiger partial charge in [0.05, 0.1) is 12.2 Å². The predicted molar refractivity (Wildman–Crippen MR) is 41.9 cm³/mol. The highest BCUT2D eigenvalue weighted by molar-refractivity contribution is 5.81. The Kier molecular flexibility index (Phi) is 1.51. The normalized spacial score (nSPS) is 27.7. The maximum absolute atomic E-state index is 10.9. The van der Waals surface area contributed by atoms with Crippen molar-refractivity contribution in [2.75, 3.05) is 6.54 Å². The van der Waals surface area contributed by atoms with Crippen LogP contribution in [0.3, 0.4) is 0 Å². The van der Waals surface area contributed by atoms with Crippen molar-refractivity contribution in [3.05, 3.63) is 23.7 Å². The number of piperazine rings is 1. The van der Waals surface area contributed by atoms with E-state index in [-0.39, 0.29) is 17.8 Å². The summed E-state index contributed by atoms with van der Waals surface area (Å²) in [6, 6.07) is 0. The summed E-state index contributed by atoms with van der Waals surface area (Å²) in [6.07, 6.45) is 2.92. The van der Waals surface area contributed by atoms with Gasteiger partial charge in [0.2, 0.25) is 5.91 Å². The van der Waals surface area contributed by atoms with Crippen molar-refractivity contribution in [3.63, 3.8) is 0 Å². The van der Waals surface area contributed by atoms with Gasteiger partial charge in [0.1, 0.15) is 11.9 Å². The van der Waals surface area contributed by atoms with Crippen LogP contribution in [0, 0.1) is 0 Å². The molecule has 0 spiro atoms. The van der Waals surface area contributed by atoms with Gasteiger partial charge in [-0.2, -0.15) is 0 Å². The van der Waals surface area contributed by atoms with Crippen molar-refractivity contribution in [2.24, 2.45) is 0 Å². The Hall–Kier alpha value is -1.49. The third-order valence-corrected chi connectivity index (χ3v) is 1.76.